The van der Waals surface area contributed by atoms with Crippen molar-refractivity contribution in [3.63, 3.8) is 0 Å². The highest BCUT2D eigenvalue weighted by Gasteiger charge is 2.12. The van der Waals surface area contributed by atoms with Gasteiger partial charge in [0.25, 0.3) is 0 Å². The fraction of sp³-hybridized carbons (Fsp3) is 0.222. The minimum absolute atomic E-state index is 0.0594. The number of nitrogen functional groups attached to an aromatic ring is 1. The molecule has 0 atom stereocenters. The van der Waals surface area contributed by atoms with Crippen LogP contribution in [-0.4, -0.2) is 6.61 Å². The Morgan fingerprint density at radius 2 is 2.14 bits per heavy atom. The van der Waals surface area contributed by atoms with Crippen molar-refractivity contribution in [1.29, 1.82) is 5.26 Å². The number of anilines is 1. The summed E-state index contributed by atoms with van der Waals surface area (Å²) < 4.78 is 28.0. The van der Waals surface area contributed by atoms with Gasteiger partial charge in [-0.15, -0.1) is 0 Å². The molecule has 14 heavy (non-hydrogen) atoms. The molecule has 0 saturated carbocycles. The average Bonchev–Trinajstić information content (AvgIpc) is 2.01. The minimum Gasteiger partial charge on any atom is -0.433 e. The number of aryl methyl sites for hydroxylation is 1. The molecule has 0 spiro atoms. The van der Waals surface area contributed by atoms with Crippen LogP contribution in [0.5, 0.6) is 5.75 Å². The molecule has 5 heteroatoms. The second-order valence-corrected chi connectivity index (χ2v) is 2.72. The molecule has 0 fully saturated rings. The van der Waals surface area contributed by atoms with E-state index in [1.165, 1.54) is 12.1 Å². The maximum atomic E-state index is 11.9. The number of nitrogens with zero attached hydrogens (tertiary/aromatic N) is 1. The molecule has 0 radical (unpaired) electrons. The van der Waals surface area contributed by atoms with Crippen molar-refractivity contribution in [2.75, 3.05) is 5.73 Å². The van der Waals surface area contributed by atoms with Crippen molar-refractivity contribution in [1.82, 2.24) is 0 Å². The van der Waals surface area contributed by atoms with E-state index in [1.54, 1.807) is 13.0 Å². The summed E-state index contributed by atoms with van der Waals surface area (Å²) in [6.07, 6.45) is 0. The zero-order valence-corrected chi connectivity index (χ0v) is 7.42. The Kier molecular flexibility index (Phi) is 2.87. The average molecular weight is 198 g/mol. The first kappa shape index (κ1) is 10.3. The van der Waals surface area contributed by atoms with Crippen LogP contribution in [0, 0.1) is 18.3 Å². The first-order chi connectivity index (χ1) is 6.54. The van der Waals surface area contributed by atoms with Gasteiger partial charge in [-0.2, -0.15) is 14.0 Å². The van der Waals surface area contributed by atoms with Crippen LogP contribution in [0.2, 0.25) is 0 Å². The van der Waals surface area contributed by atoms with E-state index in [1.807, 2.05) is 0 Å². The highest BCUT2D eigenvalue weighted by atomic mass is 19.3. The fourth-order valence-corrected chi connectivity index (χ4v) is 1.09. The molecule has 2 N–H and O–H groups in total. The summed E-state index contributed by atoms with van der Waals surface area (Å²) in [6, 6.07) is 4.59. The summed E-state index contributed by atoms with van der Waals surface area (Å²) in [7, 11) is 0. The first-order valence-electron chi connectivity index (χ1n) is 3.79. The summed E-state index contributed by atoms with van der Waals surface area (Å²) in [5.74, 6) is -0.181. The van der Waals surface area contributed by atoms with Gasteiger partial charge in [0.15, 0.2) is 0 Å². The highest BCUT2D eigenvalue weighted by molar-refractivity contribution is 5.62. The number of rotatable bonds is 2. The Hall–Kier alpha value is -1.83. The maximum Gasteiger partial charge on any atom is 0.387 e. The third kappa shape index (κ3) is 2.10. The molecule has 0 aliphatic heterocycles. The van der Waals surface area contributed by atoms with Gasteiger partial charge in [0.1, 0.15) is 17.4 Å². The van der Waals surface area contributed by atoms with Gasteiger partial charge in [0.05, 0.1) is 5.69 Å². The van der Waals surface area contributed by atoms with E-state index in [2.05, 4.69) is 4.74 Å². The molecular formula is C9H8F2N2O. The molecule has 3 nitrogen and oxygen atoms in total. The van der Waals surface area contributed by atoms with Gasteiger partial charge in [-0.05, 0) is 24.6 Å². The van der Waals surface area contributed by atoms with Gasteiger partial charge < -0.3 is 10.5 Å². The lowest BCUT2D eigenvalue weighted by Crippen LogP contribution is -2.05. The maximum absolute atomic E-state index is 11.9. The van der Waals surface area contributed by atoms with Crippen LogP contribution in [0.4, 0.5) is 14.5 Å². The number of ether oxygens (including phenoxy) is 1. The Morgan fingerprint density at radius 1 is 1.50 bits per heavy atom. The Balaban J connectivity index is 3.20. The molecule has 1 aromatic carbocycles. The zero-order valence-electron chi connectivity index (χ0n) is 7.42. The van der Waals surface area contributed by atoms with E-state index in [-0.39, 0.29) is 17.0 Å². The highest BCUT2D eigenvalue weighted by Crippen LogP contribution is 2.26. The number of nitriles is 1. The standard InChI is InChI=1S/C9H8F2N2O/c1-5-2-7(13)6(4-12)8(3-5)14-9(10)11/h2-3,9H,13H2,1H3. The number of halogens is 2. The van der Waals surface area contributed by atoms with Gasteiger partial charge in [0.2, 0.25) is 0 Å². The van der Waals surface area contributed by atoms with E-state index in [0.29, 0.717) is 5.56 Å². The zero-order chi connectivity index (χ0) is 10.7. The fourth-order valence-electron chi connectivity index (χ4n) is 1.09. The predicted octanol–water partition coefficient (Wildman–Crippen LogP) is 2.05. The van der Waals surface area contributed by atoms with Crippen molar-refractivity contribution < 1.29 is 13.5 Å². The topological polar surface area (TPSA) is 59.0 Å². The Bertz CT molecular complexity index is 385. The molecule has 0 saturated heterocycles. The third-order valence-electron chi connectivity index (χ3n) is 1.60. The largest absolute Gasteiger partial charge is 0.433 e. The van der Waals surface area contributed by atoms with Crippen molar-refractivity contribution in [3.05, 3.63) is 23.3 Å². The van der Waals surface area contributed by atoms with Crippen molar-refractivity contribution >= 4 is 5.69 Å². The summed E-state index contributed by atoms with van der Waals surface area (Å²) in [6.45, 7) is -1.28. The van der Waals surface area contributed by atoms with Crippen molar-refractivity contribution in [2.45, 2.75) is 13.5 Å². The molecular weight excluding hydrogens is 190 g/mol. The quantitative estimate of drug-likeness (QED) is 0.740. The van der Waals surface area contributed by atoms with Gasteiger partial charge in [0, 0.05) is 0 Å². The number of nitrogens with two attached hydrogens (primary N) is 1. The molecule has 1 rings (SSSR count). The lowest BCUT2D eigenvalue weighted by Gasteiger charge is -2.08. The van der Waals surface area contributed by atoms with Gasteiger partial charge in [-0.25, -0.2) is 0 Å². The van der Waals surface area contributed by atoms with Crippen LogP contribution >= 0.6 is 0 Å². The normalized spacial score (nSPS) is 9.93. The van der Waals surface area contributed by atoms with Crippen LogP contribution in [-0.2, 0) is 0 Å². The first-order valence-corrected chi connectivity index (χ1v) is 3.79. The molecule has 0 aliphatic rings. The summed E-state index contributed by atoms with van der Waals surface area (Å²) in [4.78, 5) is 0. The summed E-state index contributed by atoms with van der Waals surface area (Å²) in [5, 5.41) is 8.65. The minimum atomic E-state index is -2.96. The summed E-state index contributed by atoms with van der Waals surface area (Å²) in [5.41, 5.74) is 6.21. The van der Waals surface area contributed by atoms with Crippen LogP contribution in [0.1, 0.15) is 11.1 Å². The van der Waals surface area contributed by atoms with Gasteiger partial charge in [-0.3, -0.25) is 0 Å². The van der Waals surface area contributed by atoms with Crippen LogP contribution < -0.4 is 10.5 Å². The molecule has 0 aromatic heterocycles. The molecule has 1 aromatic rings. The van der Waals surface area contributed by atoms with E-state index >= 15 is 0 Å². The van der Waals surface area contributed by atoms with Gasteiger partial charge >= 0.3 is 6.61 Å². The number of benzene rings is 1. The molecule has 74 valence electrons. The van der Waals surface area contributed by atoms with Gasteiger partial charge in [-0.1, -0.05) is 0 Å². The molecule has 0 heterocycles. The monoisotopic (exact) mass is 198 g/mol. The van der Waals surface area contributed by atoms with Crippen LogP contribution in [0.15, 0.2) is 12.1 Å². The van der Waals surface area contributed by atoms with E-state index in [0.717, 1.165) is 0 Å². The third-order valence-corrected chi connectivity index (χ3v) is 1.60. The van der Waals surface area contributed by atoms with Crippen molar-refractivity contribution in [3.8, 4) is 11.8 Å². The molecule has 0 amide bonds. The van der Waals surface area contributed by atoms with E-state index < -0.39 is 6.61 Å². The lowest BCUT2D eigenvalue weighted by atomic mass is 10.1. The van der Waals surface area contributed by atoms with Crippen molar-refractivity contribution in [2.24, 2.45) is 0 Å². The van der Waals surface area contributed by atoms with E-state index in [9.17, 15) is 8.78 Å². The lowest BCUT2D eigenvalue weighted by molar-refractivity contribution is -0.0500. The summed E-state index contributed by atoms with van der Waals surface area (Å²) >= 11 is 0. The predicted molar refractivity (Wildman–Crippen MR) is 46.9 cm³/mol. The van der Waals surface area contributed by atoms with E-state index in [4.69, 9.17) is 11.0 Å². The van der Waals surface area contributed by atoms with Crippen LogP contribution in [0.25, 0.3) is 0 Å². The number of alkyl halides is 2. The molecule has 0 aliphatic carbocycles. The number of hydrogen-bond donors (Lipinski definition) is 1. The second kappa shape index (κ2) is 3.92. The SMILES string of the molecule is Cc1cc(N)c(C#N)c(OC(F)F)c1. The Labute approximate surface area is 79.7 Å². The molecule has 0 bridgehead atoms. The van der Waals surface area contributed by atoms with Crippen LogP contribution in [0.3, 0.4) is 0 Å². The molecule has 0 unspecified atom stereocenters. The Morgan fingerprint density at radius 3 is 2.64 bits per heavy atom. The smallest absolute Gasteiger partial charge is 0.387 e. The second-order valence-electron chi connectivity index (χ2n) is 2.72. The number of hydrogen-bond acceptors (Lipinski definition) is 3.